The smallest absolute Gasteiger partial charge is 0.0770 e. The van der Waals surface area contributed by atoms with Crippen molar-refractivity contribution in [3.05, 3.63) is 35.9 Å². The summed E-state index contributed by atoms with van der Waals surface area (Å²) >= 11 is 5.53. The van der Waals surface area contributed by atoms with Crippen molar-refractivity contribution in [3.63, 3.8) is 0 Å². The lowest BCUT2D eigenvalue weighted by Crippen LogP contribution is -3.12. The second-order valence-corrected chi connectivity index (χ2v) is 5.95. The summed E-state index contributed by atoms with van der Waals surface area (Å²) in [7, 11) is 0. The van der Waals surface area contributed by atoms with E-state index >= 15 is 0 Å². The molecule has 0 aliphatic carbocycles. The first-order valence-corrected chi connectivity index (χ1v) is 9.25. The lowest BCUT2D eigenvalue weighted by molar-refractivity contribution is -0.900. The molecule has 0 unspecified atom stereocenters. The Hall–Kier alpha value is -0.240. The summed E-state index contributed by atoms with van der Waals surface area (Å²) in [6.45, 7) is 11.1. The van der Waals surface area contributed by atoms with Gasteiger partial charge in [-0.3, -0.25) is 0 Å². The van der Waals surface area contributed by atoms with Crippen LogP contribution < -0.4 is 17.3 Å². The molecule has 0 spiro atoms. The summed E-state index contributed by atoms with van der Waals surface area (Å²) < 4.78 is 0. The summed E-state index contributed by atoms with van der Waals surface area (Å²) in [5.41, 5.74) is 1.18. The van der Waals surface area contributed by atoms with Crippen molar-refractivity contribution in [1.29, 1.82) is 0 Å². The van der Waals surface area contributed by atoms with Crippen molar-refractivity contribution >= 4 is 11.6 Å². The molecule has 1 nitrogen and oxygen atoms in total. The van der Waals surface area contributed by atoms with Gasteiger partial charge in [0.2, 0.25) is 0 Å². The van der Waals surface area contributed by atoms with Crippen molar-refractivity contribution in [2.24, 2.45) is 0 Å². The lowest BCUT2D eigenvalue weighted by Gasteiger charge is -2.18. The number of alkyl halides is 1. The Bertz CT molecular complexity index is 285. The summed E-state index contributed by atoms with van der Waals surface area (Å²) in [6.07, 6.45) is 8.26. The summed E-state index contributed by atoms with van der Waals surface area (Å²) in [4.78, 5) is 1.84. The van der Waals surface area contributed by atoms with Gasteiger partial charge in [-0.25, -0.2) is 0 Å². The van der Waals surface area contributed by atoms with Crippen LogP contribution in [0.3, 0.4) is 0 Å². The van der Waals surface area contributed by atoms with Gasteiger partial charge in [-0.15, -0.1) is 11.6 Å². The van der Waals surface area contributed by atoms with E-state index in [4.69, 9.17) is 11.6 Å². The predicted octanol–water partition coefficient (Wildman–Crippen LogP) is 1.70. The molecular weight excluding hydrogens is 313 g/mol. The van der Waals surface area contributed by atoms with Crippen LogP contribution in [0.2, 0.25) is 0 Å². The van der Waals surface area contributed by atoms with E-state index in [9.17, 15) is 0 Å². The van der Waals surface area contributed by atoms with Crippen LogP contribution in [0.4, 0.5) is 0 Å². The zero-order chi connectivity index (χ0) is 15.8. The Morgan fingerprint density at radius 2 is 1.18 bits per heavy atom. The van der Waals surface area contributed by atoms with Crippen molar-refractivity contribution in [3.8, 4) is 0 Å². The van der Waals surface area contributed by atoms with Crippen LogP contribution in [0.1, 0.15) is 64.9 Å². The molecule has 0 aromatic heterocycles. The Morgan fingerprint density at radius 3 is 1.45 bits per heavy atom. The summed E-state index contributed by atoms with van der Waals surface area (Å²) in [6, 6.07) is 9.96. The second kappa shape index (κ2) is 18.8. The third-order valence-electron chi connectivity index (χ3n) is 3.65. The fourth-order valence-electron chi connectivity index (χ4n) is 2.22. The number of quaternary nitrogens is 1. The summed E-state index contributed by atoms with van der Waals surface area (Å²) in [5.74, 6) is 0.612. The number of hydrogen-bond donors (Lipinski definition) is 1. The number of nitrogens with one attached hydrogen (secondary N) is 1. The van der Waals surface area contributed by atoms with E-state index < -0.39 is 0 Å². The molecule has 0 saturated heterocycles. The summed E-state index contributed by atoms with van der Waals surface area (Å²) in [5, 5.41) is 0. The third-order valence-corrected chi connectivity index (χ3v) is 3.96. The first-order valence-electron chi connectivity index (χ1n) is 8.71. The normalized spacial score (nSPS) is 9.86. The Kier molecular flexibility index (Phi) is 20.5. The number of hydrogen-bond acceptors (Lipinski definition) is 0. The van der Waals surface area contributed by atoms with Crippen LogP contribution >= 0.6 is 11.6 Å². The molecule has 0 bridgehead atoms. The highest BCUT2D eigenvalue weighted by Crippen LogP contribution is 2.00. The maximum absolute atomic E-state index is 5.53. The molecule has 1 aromatic rings. The van der Waals surface area contributed by atoms with Gasteiger partial charge in [0, 0.05) is 5.88 Å². The first-order chi connectivity index (χ1) is 10.3. The average molecular weight is 348 g/mol. The highest BCUT2D eigenvalue weighted by Gasteiger charge is 2.05. The Morgan fingerprint density at radius 1 is 0.773 bits per heavy atom. The van der Waals surface area contributed by atoms with E-state index in [-0.39, 0.29) is 12.4 Å². The van der Waals surface area contributed by atoms with E-state index in [0.717, 1.165) is 0 Å². The minimum atomic E-state index is 0. The van der Waals surface area contributed by atoms with Crippen molar-refractivity contribution in [2.75, 3.05) is 19.6 Å². The fourth-order valence-corrected chi connectivity index (χ4v) is 2.40. The van der Waals surface area contributed by atoms with E-state index in [1.807, 2.05) is 35.2 Å². The molecule has 22 heavy (non-hydrogen) atoms. The quantitative estimate of drug-likeness (QED) is 0.614. The van der Waals surface area contributed by atoms with E-state index in [0.29, 0.717) is 5.88 Å². The van der Waals surface area contributed by atoms with Crippen molar-refractivity contribution in [2.45, 2.75) is 65.2 Å². The van der Waals surface area contributed by atoms with Gasteiger partial charge in [0.05, 0.1) is 19.6 Å². The molecule has 0 aliphatic heterocycles. The van der Waals surface area contributed by atoms with E-state index in [1.165, 1.54) is 63.7 Å². The van der Waals surface area contributed by atoms with Crippen LogP contribution in [-0.2, 0) is 5.88 Å². The van der Waals surface area contributed by atoms with Crippen LogP contribution in [0.5, 0.6) is 0 Å². The van der Waals surface area contributed by atoms with Gasteiger partial charge in [-0.1, -0.05) is 70.4 Å². The minimum absolute atomic E-state index is 0. The molecule has 0 heterocycles. The Balaban J connectivity index is 0. The topological polar surface area (TPSA) is 4.44 Å². The van der Waals surface area contributed by atoms with Gasteiger partial charge in [0.15, 0.2) is 0 Å². The zero-order valence-electron chi connectivity index (χ0n) is 14.7. The molecule has 3 heteroatoms. The maximum atomic E-state index is 5.53. The molecule has 1 rings (SSSR count). The number of benzene rings is 1. The maximum Gasteiger partial charge on any atom is 0.0770 e. The first kappa shape index (κ1) is 24.0. The number of rotatable bonds is 10. The SMILES string of the molecule is CCCC[NH+](CCCC)CCCC.ClCc1ccccc1.[Cl-]. The molecule has 1 aromatic carbocycles. The van der Waals surface area contributed by atoms with E-state index in [1.54, 1.807) is 0 Å². The van der Waals surface area contributed by atoms with Crippen LogP contribution in [-0.4, -0.2) is 19.6 Å². The largest absolute Gasteiger partial charge is 1.00 e. The highest BCUT2D eigenvalue weighted by atomic mass is 35.5. The van der Waals surface area contributed by atoms with Gasteiger partial charge in [-0.2, -0.15) is 0 Å². The van der Waals surface area contributed by atoms with Crippen molar-refractivity contribution < 1.29 is 17.3 Å². The average Bonchev–Trinajstić information content (AvgIpc) is 2.55. The van der Waals surface area contributed by atoms with E-state index in [2.05, 4.69) is 20.8 Å². The van der Waals surface area contributed by atoms with Gasteiger partial charge < -0.3 is 17.3 Å². The zero-order valence-corrected chi connectivity index (χ0v) is 16.2. The standard InChI is InChI=1S/C12H27N.C7H7Cl.ClH/c1-4-7-10-13(11-8-5-2)12-9-6-3;8-6-7-4-2-1-3-5-7;/h4-12H2,1-3H3;1-5H,6H2;1H. The number of unbranched alkanes of at least 4 members (excludes halogenated alkanes) is 3. The molecule has 0 amide bonds. The minimum Gasteiger partial charge on any atom is -1.00 e. The highest BCUT2D eigenvalue weighted by molar-refractivity contribution is 6.17. The van der Waals surface area contributed by atoms with Crippen LogP contribution in [0, 0.1) is 0 Å². The van der Waals surface area contributed by atoms with Gasteiger partial charge >= 0.3 is 0 Å². The third kappa shape index (κ3) is 14.7. The molecule has 1 N–H and O–H groups in total. The van der Waals surface area contributed by atoms with Gasteiger partial charge in [-0.05, 0) is 24.8 Å². The molecular formula is C19H35Cl2N. The molecule has 0 aliphatic rings. The fraction of sp³-hybridized carbons (Fsp3) is 0.684. The second-order valence-electron chi connectivity index (χ2n) is 5.68. The predicted molar refractivity (Wildman–Crippen MR) is 96.3 cm³/mol. The van der Waals surface area contributed by atoms with Crippen LogP contribution in [0.15, 0.2) is 30.3 Å². The van der Waals surface area contributed by atoms with Gasteiger partial charge in [0.25, 0.3) is 0 Å². The van der Waals surface area contributed by atoms with Crippen molar-refractivity contribution in [1.82, 2.24) is 0 Å². The molecule has 0 atom stereocenters. The molecule has 0 fully saturated rings. The molecule has 130 valence electrons. The number of halogens is 2. The van der Waals surface area contributed by atoms with Crippen LogP contribution in [0.25, 0.3) is 0 Å². The molecule has 0 saturated carbocycles. The Labute approximate surface area is 149 Å². The molecule has 0 radical (unpaired) electrons. The monoisotopic (exact) mass is 347 g/mol. The lowest BCUT2D eigenvalue weighted by atomic mass is 10.2. The van der Waals surface area contributed by atoms with Gasteiger partial charge in [0.1, 0.15) is 0 Å².